The zero-order chi connectivity index (χ0) is 20.6. The van der Waals surface area contributed by atoms with E-state index in [1.165, 1.54) is 30.5 Å². The van der Waals surface area contributed by atoms with Gasteiger partial charge in [-0.2, -0.15) is 4.98 Å². The molecule has 0 aliphatic heterocycles. The lowest BCUT2D eigenvalue weighted by molar-refractivity contribution is 0.430. The molecule has 4 heterocycles. The maximum absolute atomic E-state index is 13.6. The third-order valence-electron chi connectivity index (χ3n) is 3.91. The molecule has 4 aromatic rings. The van der Waals surface area contributed by atoms with Gasteiger partial charge < -0.3 is 4.52 Å². The smallest absolute Gasteiger partial charge is 0.276 e. The van der Waals surface area contributed by atoms with Crippen LogP contribution in [0.5, 0.6) is 0 Å². The standard InChI is InChI=1S/C18H8B3F2N5O/c19-18(20,21)15-5-9(10-3-12(23)7-24-6-10)4-14(26-15)16-27-17(29-28-16)13-2-1-11(22)8-25-13/h1-8H. The fourth-order valence-corrected chi connectivity index (χ4v) is 2.54. The van der Waals surface area contributed by atoms with Crippen molar-refractivity contribution < 1.29 is 13.3 Å². The van der Waals surface area contributed by atoms with E-state index in [1.807, 2.05) is 0 Å². The largest absolute Gasteiger partial charge is 0.332 e. The molecule has 0 bridgehead atoms. The fourth-order valence-electron chi connectivity index (χ4n) is 2.54. The first-order valence-electron chi connectivity index (χ1n) is 8.26. The molecule has 0 saturated heterocycles. The van der Waals surface area contributed by atoms with Crippen LogP contribution in [0.3, 0.4) is 0 Å². The summed E-state index contributed by atoms with van der Waals surface area (Å²) in [5.74, 6) is -0.879. The van der Waals surface area contributed by atoms with Gasteiger partial charge in [0.2, 0.25) is 5.82 Å². The van der Waals surface area contributed by atoms with Crippen molar-refractivity contribution in [3.8, 4) is 34.2 Å². The molecule has 29 heavy (non-hydrogen) atoms. The number of nitrogens with zero attached hydrogens (tertiary/aromatic N) is 5. The maximum Gasteiger partial charge on any atom is 0.276 e. The Morgan fingerprint density at radius 2 is 1.66 bits per heavy atom. The first kappa shape index (κ1) is 19.0. The van der Waals surface area contributed by atoms with Crippen LogP contribution in [0, 0.1) is 11.6 Å². The second kappa shape index (κ2) is 7.23. The van der Waals surface area contributed by atoms with Gasteiger partial charge in [0.25, 0.3) is 5.89 Å². The lowest BCUT2D eigenvalue weighted by Crippen LogP contribution is -2.28. The number of hydrogen-bond donors (Lipinski definition) is 0. The third kappa shape index (κ3) is 4.08. The van der Waals surface area contributed by atoms with E-state index in [-0.39, 0.29) is 28.8 Å². The zero-order valence-corrected chi connectivity index (χ0v) is 14.8. The Hall–Kier alpha value is -3.36. The highest BCUT2D eigenvalue weighted by Crippen LogP contribution is 2.28. The molecular formula is C18H8B3F2N5O. The number of halogens is 2. The molecule has 0 unspecified atom stereocenters. The van der Waals surface area contributed by atoms with E-state index < -0.39 is 16.7 Å². The number of hydrogen-bond acceptors (Lipinski definition) is 6. The first-order chi connectivity index (χ1) is 13.8. The van der Waals surface area contributed by atoms with Gasteiger partial charge in [0.1, 0.15) is 23.0 Å². The topological polar surface area (TPSA) is 77.6 Å². The predicted molar refractivity (Wildman–Crippen MR) is 103 cm³/mol. The average molecular weight is 381 g/mol. The van der Waals surface area contributed by atoms with Crippen LogP contribution in [-0.4, -0.2) is 48.6 Å². The van der Waals surface area contributed by atoms with Gasteiger partial charge in [-0.15, -0.1) is 0 Å². The molecule has 0 spiro atoms. The van der Waals surface area contributed by atoms with E-state index in [1.54, 1.807) is 6.07 Å². The quantitative estimate of drug-likeness (QED) is 0.505. The molecule has 0 N–H and O–H groups in total. The minimum Gasteiger partial charge on any atom is -0.332 e. The third-order valence-corrected chi connectivity index (χ3v) is 3.91. The molecule has 134 valence electrons. The van der Waals surface area contributed by atoms with Crippen molar-refractivity contribution in [2.45, 2.75) is 5.11 Å². The molecule has 6 nitrogen and oxygen atoms in total. The molecule has 11 heteroatoms. The highest BCUT2D eigenvalue weighted by molar-refractivity contribution is 6.58. The second-order valence-electron chi connectivity index (χ2n) is 6.24. The molecular weight excluding hydrogens is 373 g/mol. The molecule has 0 amide bonds. The summed E-state index contributed by atoms with van der Waals surface area (Å²) in [6, 6.07) is 6.99. The van der Waals surface area contributed by atoms with Crippen molar-refractivity contribution in [2.24, 2.45) is 0 Å². The van der Waals surface area contributed by atoms with Gasteiger partial charge in [-0.1, -0.05) is 10.3 Å². The van der Waals surface area contributed by atoms with Gasteiger partial charge >= 0.3 is 0 Å². The summed E-state index contributed by atoms with van der Waals surface area (Å²) in [5, 5.41) is 2.10. The first-order valence-corrected chi connectivity index (χ1v) is 8.26. The van der Waals surface area contributed by atoms with Crippen molar-refractivity contribution in [2.75, 3.05) is 0 Å². The highest BCUT2D eigenvalue weighted by Gasteiger charge is 2.20. The lowest BCUT2D eigenvalue weighted by Gasteiger charge is -2.20. The molecule has 0 aliphatic rings. The van der Waals surface area contributed by atoms with Crippen molar-refractivity contribution in [1.82, 2.24) is 25.1 Å². The van der Waals surface area contributed by atoms with Crippen LogP contribution in [0.25, 0.3) is 34.2 Å². The van der Waals surface area contributed by atoms with Gasteiger partial charge in [-0.25, -0.2) is 13.8 Å². The maximum atomic E-state index is 13.6. The number of rotatable bonds is 4. The summed E-state index contributed by atoms with van der Waals surface area (Å²) in [6.07, 6.45) is 3.56. The van der Waals surface area contributed by atoms with Gasteiger partial charge in [0, 0.05) is 17.5 Å². The van der Waals surface area contributed by atoms with Crippen LogP contribution < -0.4 is 0 Å². The minimum absolute atomic E-state index is 0.0562. The summed E-state index contributed by atoms with van der Waals surface area (Å²) in [5.41, 5.74) is 1.56. The van der Waals surface area contributed by atoms with Gasteiger partial charge in [-0.05, 0) is 35.9 Å². The van der Waals surface area contributed by atoms with Crippen LogP contribution in [0.2, 0.25) is 0 Å². The molecule has 0 aromatic carbocycles. The van der Waals surface area contributed by atoms with E-state index in [0.29, 0.717) is 11.1 Å². The summed E-state index contributed by atoms with van der Waals surface area (Å²) < 4.78 is 31.8. The van der Waals surface area contributed by atoms with Crippen LogP contribution >= 0.6 is 0 Å². The van der Waals surface area contributed by atoms with E-state index in [2.05, 4.69) is 25.1 Å². The SMILES string of the molecule is [B]C([B])([B])c1cc(-c2cncc(F)c2)cc(-c2noc(-c3ccc(F)cn3)n2)n1. The molecule has 0 fully saturated rings. The van der Waals surface area contributed by atoms with Gasteiger partial charge in [0.15, 0.2) is 0 Å². The Balaban J connectivity index is 1.81. The monoisotopic (exact) mass is 381 g/mol. The molecule has 0 atom stereocenters. The van der Waals surface area contributed by atoms with Crippen LogP contribution in [0.15, 0.2) is 53.4 Å². The van der Waals surface area contributed by atoms with E-state index in [4.69, 9.17) is 28.1 Å². The highest BCUT2D eigenvalue weighted by atomic mass is 19.1. The summed E-state index contributed by atoms with van der Waals surface area (Å²) in [6.45, 7) is 0. The van der Waals surface area contributed by atoms with Crippen LogP contribution in [-0.2, 0) is 5.11 Å². The normalized spacial score (nSPS) is 11.5. The Kier molecular flexibility index (Phi) is 4.73. The second-order valence-corrected chi connectivity index (χ2v) is 6.24. The molecule has 4 rings (SSSR count). The van der Waals surface area contributed by atoms with Crippen LogP contribution in [0.1, 0.15) is 5.69 Å². The molecule has 4 aromatic heterocycles. The Bertz CT molecular complexity index is 1180. The fraction of sp³-hybridized carbons (Fsp3) is 0.0556. The van der Waals surface area contributed by atoms with E-state index in [9.17, 15) is 8.78 Å². The van der Waals surface area contributed by atoms with Gasteiger partial charge in [-0.3, -0.25) is 9.97 Å². The van der Waals surface area contributed by atoms with Crippen molar-refractivity contribution >= 4 is 23.5 Å². The Labute approximate surface area is 168 Å². The number of aromatic nitrogens is 5. The molecule has 6 radical (unpaired) electrons. The predicted octanol–water partition coefficient (Wildman–Crippen LogP) is 2.15. The van der Waals surface area contributed by atoms with Crippen molar-refractivity contribution in [1.29, 1.82) is 0 Å². The van der Waals surface area contributed by atoms with Crippen molar-refractivity contribution in [3.05, 3.63) is 66.3 Å². The summed E-state index contributed by atoms with van der Waals surface area (Å²) in [7, 11) is 17.4. The molecule has 0 saturated carbocycles. The Morgan fingerprint density at radius 1 is 0.828 bits per heavy atom. The van der Waals surface area contributed by atoms with E-state index >= 15 is 0 Å². The van der Waals surface area contributed by atoms with Crippen molar-refractivity contribution in [3.63, 3.8) is 0 Å². The summed E-state index contributed by atoms with van der Waals surface area (Å²) in [4.78, 5) is 16.2. The lowest BCUT2D eigenvalue weighted by atomic mass is 9.41. The Morgan fingerprint density at radius 3 is 2.34 bits per heavy atom. The van der Waals surface area contributed by atoms with Gasteiger partial charge in [0.05, 0.1) is 35.9 Å². The molecule has 0 aliphatic carbocycles. The van der Waals surface area contributed by atoms with E-state index in [0.717, 1.165) is 12.4 Å². The average Bonchev–Trinajstić information content (AvgIpc) is 3.18. The minimum atomic E-state index is -1.77. The van der Waals surface area contributed by atoms with Crippen LogP contribution in [0.4, 0.5) is 8.78 Å². The number of pyridine rings is 3. The zero-order valence-electron chi connectivity index (χ0n) is 14.8. The summed E-state index contributed by atoms with van der Waals surface area (Å²) >= 11 is 0.